The maximum Gasteiger partial charge on any atom is 0.356 e. The van der Waals surface area contributed by atoms with E-state index in [2.05, 4.69) is 10.4 Å². The third-order valence-electron chi connectivity index (χ3n) is 8.36. The fourth-order valence-electron chi connectivity index (χ4n) is 5.92. The van der Waals surface area contributed by atoms with E-state index < -0.39 is 58.2 Å². The Morgan fingerprint density at radius 3 is 2.27 bits per heavy atom. The molecule has 2 aliphatic heterocycles. The molecular formula is C32H26F4N6O5S. The number of hydrogen-bond donors (Lipinski definition) is 1. The Morgan fingerprint density at radius 2 is 1.65 bits per heavy atom. The van der Waals surface area contributed by atoms with Crippen LogP contribution in [0.1, 0.15) is 50.5 Å². The van der Waals surface area contributed by atoms with Crippen molar-refractivity contribution in [2.45, 2.75) is 30.2 Å². The number of hydrogen-bond acceptors (Lipinski definition) is 7. The van der Waals surface area contributed by atoms with Gasteiger partial charge < -0.3 is 15.0 Å². The van der Waals surface area contributed by atoms with Gasteiger partial charge in [-0.1, -0.05) is 42.5 Å². The highest BCUT2D eigenvalue weighted by atomic mass is 32.2. The third kappa shape index (κ3) is 5.34. The Balaban J connectivity index is 1.39. The van der Waals surface area contributed by atoms with Gasteiger partial charge in [0.25, 0.3) is 27.8 Å². The second-order valence-corrected chi connectivity index (χ2v) is 13.4. The van der Waals surface area contributed by atoms with E-state index in [0.29, 0.717) is 4.31 Å². The summed E-state index contributed by atoms with van der Waals surface area (Å²) in [5, 5.41) is 12.1. The largest absolute Gasteiger partial charge is 0.495 e. The standard InChI is InChI=1S/C32H26F4N6O5S/c1-31(33,34)48(45,46)40-17-25-26(18-40)42-28(24(16-38-42)39-29(43)19-8-13-27(47-2)20(14-19)15-37)30(44)41(25)23-11-9-22(10-12-23)32(35,36)21-6-4-3-5-7-21/h3-14,16,25-26H,17-18H2,1-2H3,(H,39,43)/t25-,26-/m0/s1. The van der Waals surface area contributed by atoms with Crippen molar-refractivity contribution in [1.29, 1.82) is 5.26 Å². The molecule has 3 heterocycles. The lowest BCUT2D eigenvalue weighted by Crippen LogP contribution is -2.51. The summed E-state index contributed by atoms with van der Waals surface area (Å²) in [6.45, 7) is -0.771. The van der Waals surface area contributed by atoms with Crippen LogP contribution in [-0.2, 0) is 15.9 Å². The molecule has 1 N–H and O–H groups in total. The lowest BCUT2D eigenvalue weighted by atomic mass is 9.99. The number of aromatic nitrogens is 2. The highest BCUT2D eigenvalue weighted by Crippen LogP contribution is 2.42. The van der Waals surface area contributed by atoms with Gasteiger partial charge >= 0.3 is 5.25 Å². The average molecular weight is 683 g/mol. The number of rotatable bonds is 8. The number of benzene rings is 3. The average Bonchev–Trinajstić information content (AvgIpc) is 3.70. The molecule has 0 bridgehead atoms. The van der Waals surface area contributed by atoms with Gasteiger partial charge in [-0.3, -0.25) is 14.3 Å². The van der Waals surface area contributed by atoms with E-state index in [1.807, 2.05) is 6.07 Å². The van der Waals surface area contributed by atoms with Crippen LogP contribution >= 0.6 is 0 Å². The monoisotopic (exact) mass is 682 g/mol. The molecule has 3 aromatic carbocycles. The molecule has 6 rings (SSSR count). The molecule has 11 nitrogen and oxygen atoms in total. The van der Waals surface area contributed by atoms with Gasteiger partial charge in [-0.05, 0) is 30.3 Å². The molecule has 2 atom stereocenters. The molecule has 1 fully saturated rings. The van der Waals surface area contributed by atoms with E-state index >= 15 is 8.78 Å². The lowest BCUT2D eigenvalue weighted by molar-refractivity contribution is 0.0428. The summed E-state index contributed by atoms with van der Waals surface area (Å²) >= 11 is 0. The van der Waals surface area contributed by atoms with Crippen molar-refractivity contribution in [3.05, 3.63) is 107 Å². The predicted octanol–water partition coefficient (Wildman–Crippen LogP) is 4.98. The molecule has 16 heteroatoms. The fourth-order valence-corrected chi connectivity index (χ4v) is 7.07. The summed E-state index contributed by atoms with van der Waals surface area (Å²) in [5.41, 5.74) is -0.710. The normalized spacial score (nSPS) is 18.2. The zero-order chi connectivity index (χ0) is 34.6. The Hall–Kier alpha value is -5.27. The van der Waals surface area contributed by atoms with E-state index in [-0.39, 0.29) is 52.0 Å². The minimum absolute atomic E-state index is 0.0449. The van der Waals surface area contributed by atoms with E-state index in [0.717, 1.165) is 23.2 Å². The highest BCUT2D eigenvalue weighted by Gasteiger charge is 2.54. The number of carbonyl (C=O) groups is 2. The van der Waals surface area contributed by atoms with Crippen LogP contribution in [0, 0.1) is 11.3 Å². The number of nitrogens with zero attached hydrogens (tertiary/aromatic N) is 5. The first-order valence-corrected chi connectivity index (χ1v) is 15.8. The molecule has 248 valence electrons. The molecule has 2 amide bonds. The van der Waals surface area contributed by atoms with Gasteiger partial charge in [0.15, 0.2) is 5.69 Å². The minimum atomic E-state index is -5.16. The summed E-state index contributed by atoms with van der Waals surface area (Å²) in [6.07, 6.45) is 1.16. The van der Waals surface area contributed by atoms with Gasteiger partial charge in [-0.15, -0.1) is 0 Å². The first kappa shape index (κ1) is 32.7. The maximum absolute atomic E-state index is 15.3. The number of fused-ring (bicyclic) bond motifs is 3. The molecule has 0 aliphatic carbocycles. The number of methoxy groups -OCH3 is 1. The van der Waals surface area contributed by atoms with Gasteiger partial charge in [0.05, 0.1) is 36.6 Å². The van der Waals surface area contributed by atoms with Crippen LogP contribution in [0.2, 0.25) is 0 Å². The van der Waals surface area contributed by atoms with Crippen molar-refractivity contribution >= 4 is 33.2 Å². The molecule has 1 saturated heterocycles. The third-order valence-corrected chi connectivity index (χ3v) is 10.2. The zero-order valence-electron chi connectivity index (χ0n) is 25.3. The Kier molecular flexibility index (Phi) is 8.00. The van der Waals surface area contributed by atoms with Crippen LogP contribution in [0.3, 0.4) is 0 Å². The van der Waals surface area contributed by atoms with Gasteiger partial charge in [0.2, 0.25) is 0 Å². The summed E-state index contributed by atoms with van der Waals surface area (Å²) in [6, 6.07) is 15.8. The number of nitriles is 1. The number of anilines is 2. The topological polar surface area (TPSA) is 138 Å². The number of amides is 2. The van der Waals surface area contributed by atoms with Crippen LogP contribution in [0.15, 0.2) is 79.0 Å². The number of halogens is 4. The second-order valence-electron chi connectivity index (χ2n) is 11.3. The van der Waals surface area contributed by atoms with E-state index in [4.69, 9.17) is 4.74 Å². The number of carbonyl (C=O) groups excluding carboxylic acids is 2. The van der Waals surface area contributed by atoms with E-state index in [1.54, 1.807) is 6.07 Å². The summed E-state index contributed by atoms with van der Waals surface area (Å²) in [4.78, 5) is 28.6. The lowest BCUT2D eigenvalue weighted by Gasteiger charge is -2.37. The smallest absolute Gasteiger partial charge is 0.356 e. The van der Waals surface area contributed by atoms with E-state index in [9.17, 15) is 32.0 Å². The van der Waals surface area contributed by atoms with Crippen LogP contribution in [0.25, 0.3) is 0 Å². The maximum atomic E-state index is 15.3. The Morgan fingerprint density at radius 1 is 1.00 bits per heavy atom. The molecular weight excluding hydrogens is 656 g/mol. The van der Waals surface area contributed by atoms with Crippen molar-refractivity contribution in [2.75, 3.05) is 30.4 Å². The number of sulfonamides is 1. The van der Waals surface area contributed by atoms with Crippen molar-refractivity contribution in [3.8, 4) is 11.8 Å². The predicted molar refractivity (Wildman–Crippen MR) is 165 cm³/mol. The molecule has 48 heavy (non-hydrogen) atoms. The van der Waals surface area contributed by atoms with Gasteiger partial charge in [-0.25, -0.2) is 8.42 Å². The first-order chi connectivity index (χ1) is 22.7. The number of ether oxygens (including phenoxy) is 1. The first-order valence-electron chi connectivity index (χ1n) is 14.4. The Bertz CT molecular complexity index is 2060. The van der Waals surface area contributed by atoms with Crippen LogP contribution in [-0.4, -0.2) is 65.8 Å². The minimum Gasteiger partial charge on any atom is -0.495 e. The summed E-state index contributed by atoms with van der Waals surface area (Å²) in [7, 11) is -3.80. The quantitative estimate of drug-likeness (QED) is 0.259. The number of alkyl halides is 4. The van der Waals surface area contributed by atoms with Gasteiger partial charge in [-0.2, -0.15) is 32.2 Å². The Labute approximate surface area is 272 Å². The zero-order valence-corrected chi connectivity index (χ0v) is 26.1. The van der Waals surface area contributed by atoms with Crippen LogP contribution in [0.5, 0.6) is 5.75 Å². The second kappa shape index (κ2) is 11.8. The summed E-state index contributed by atoms with van der Waals surface area (Å²) < 4.78 is 91.6. The van der Waals surface area contributed by atoms with Crippen LogP contribution < -0.4 is 15.0 Å². The number of nitrogens with one attached hydrogen (secondary N) is 1. The van der Waals surface area contributed by atoms with Crippen molar-refractivity contribution in [2.24, 2.45) is 0 Å². The van der Waals surface area contributed by atoms with E-state index in [1.165, 1.54) is 66.4 Å². The fraction of sp³-hybridized carbons (Fsp3) is 0.250. The molecule has 1 aromatic heterocycles. The van der Waals surface area contributed by atoms with Crippen molar-refractivity contribution < 1.29 is 40.3 Å². The molecule has 2 aliphatic rings. The molecule has 0 spiro atoms. The highest BCUT2D eigenvalue weighted by molar-refractivity contribution is 7.90. The molecule has 0 saturated carbocycles. The van der Waals surface area contributed by atoms with Crippen molar-refractivity contribution in [1.82, 2.24) is 14.1 Å². The molecule has 0 unspecified atom stereocenters. The van der Waals surface area contributed by atoms with Crippen molar-refractivity contribution in [3.63, 3.8) is 0 Å². The summed E-state index contributed by atoms with van der Waals surface area (Å²) in [5.74, 6) is -4.66. The molecule has 0 radical (unpaired) electrons. The van der Waals surface area contributed by atoms with Crippen LogP contribution in [0.4, 0.5) is 28.9 Å². The molecule has 4 aromatic rings. The SMILES string of the molecule is COc1ccc(C(=O)Nc2cnn3c2C(=O)N(c2ccc(C(F)(F)c4ccccc4)cc2)[C@H]2CN(S(=O)(=O)C(C)(F)F)C[C@@H]23)cc1C#N. The van der Waals surface area contributed by atoms with Gasteiger partial charge in [0.1, 0.15) is 11.8 Å². The van der Waals surface area contributed by atoms with Gasteiger partial charge in [0, 0.05) is 42.4 Å².